The number of rotatable bonds is 3. The van der Waals surface area contributed by atoms with Crippen LogP contribution < -0.4 is 15.5 Å². The molecule has 152 valence electrons. The van der Waals surface area contributed by atoms with Crippen molar-refractivity contribution < 1.29 is 14.7 Å². The van der Waals surface area contributed by atoms with E-state index in [2.05, 4.69) is 17.6 Å². The number of fused-ring (bicyclic) bond motifs is 1. The molecule has 7 heteroatoms. The number of nitrogens with one attached hydrogen (secondary N) is 2. The summed E-state index contributed by atoms with van der Waals surface area (Å²) in [5.41, 5.74) is -1.06. The SMILES string of the molecule is C[C@H]1CCCC[C@H]1NC(=O)[C@@]1(O)c2ccccc2NC(=O)N1c1ccc(Cl)cc1. The van der Waals surface area contributed by atoms with Gasteiger partial charge in [-0.05, 0) is 49.1 Å². The zero-order valence-corrected chi connectivity index (χ0v) is 16.9. The van der Waals surface area contributed by atoms with Gasteiger partial charge in [0.15, 0.2) is 0 Å². The highest BCUT2D eigenvalue weighted by molar-refractivity contribution is 6.30. The maximum Gasteiger partial charge on any atom is 0.329 e. The van der Waals surface area contributed by atoms with Gasteiger partial charge in [0.1, 0.15) is 0 Å². The number of carbonyl (C=O) groups excluding carboxylic acids is 2. The first-order chi connectivity index (χ1) is 13.9. The quantitative estimate of drug-likeness (QED) is 0.704. The van der Waals surface area contributed by atoms with E-state index in [1.54, 1.807) is 48.5 Å². The summed E-state index contributed by atoms with van der Waals surface area (Å²) in [5, 5.41) is 18.1. The Bertz CT molecular complexity index is 933. The molecule has 0 bridgehead atoms. The predicted octanol–water partition coefficient (Wildman–Crippen LogP) is 4.23. The van der Waals surface area contributed by atoms with Crippen molar-refractivity contribution in [2.75, 3.05) is 10.2 Å². The molecule has 1 fully saturated rings. The van der Waals surface area contributed by atoms with Crippen molar-refractivity contribution in [2.24, 2.45) is 5.92 Å². The lowest BCUT2D eigenvalue weighted by Gasteiger charge is -2.44. The molecule has 0 unspecified atom stereocenters. The number of nitrogens with zero attached hydrogens (tertiary/aromatic N) is 1. The number of anilines is 2. The van der Waals surface area contributed by atoms with Crippen LogP contribution in [0.15, 0.2) is 48.5 Å². The second kappa shape index (κ2) is 7.69. The Kier molecular flexibility index (Phi) is 5.23. The topological polar surface area (TPSA) is 81.7 Å². The van der Waals surface area contributed by atoms with E-state index in [1.165, 1.54) is 0 Å². The van der Waals surface area contributed by atoms with E-state index in [-0.39, 0.29) is 6.04 Å². The molecular weight excluding hydrogens is 390 g/mol. The number of halogens is 1. The molecule has 0 radical (unpaired) electrons. The molecule has 3 atom stereocenters. The van der Waals surface area contributed by atoms with Gasteiger partial charge in [-0.2, -0.15) is 0 Å². The summed E-state index contributed by atoms with van der Waals surface area (Å²) < 4.78 is 0. The predicted molar refractivity (Wildman–Crippen MR) is 113 cm³/mol. The fraction of sp³-hybridized carbons (Fsp3) is 0.364. The molecule has 0 spiro atoms. The van der Waals surface area contributed by atoms with E-state index in [0.717, 1.165) is 30.6 Å². The molecule has 6 nitrogen and oxygen atoms in total. The number of hydrogen-bond donors (Lipinski definition) is 3. The highest BCUT2D eigenvalue weighted by Gasteiger charge is 2.52. The second-order valence-corrected chi connectivity index (χ2v) is 8.24. The maximum atomic E-state index is 13.5. The van der Waals surface area contributed by atoms with Crippen LogP contribution in [0.4, 0.5) is 16.2 Å². The maximum absolute atomic E-state index is 13.5. The molecule has 2 aliphatic rings. The standard InChI is InChI=1S/C22H24ClN3O3/c1-14-6-2-4-8-18(14)24-20(27)22(29)17-7-3-5-9-19(17)25-21(28)26(22)16-12-10-15(23)11-13-16/h3,5,7,9-14,18,29H,2,4,6,8H2,1H3,(H,24,27)(H,25,28)/t14-,18+,22-/m0/s1. The Morgan fingerprint density at radius 2 is 1.86 bits per heavy atom. The van der Waals surface area contributed by atoms with E-state index in [4.69, 9.17) is 11.6 Å². The monoisotopic (exact) mass is 413 g/mol. The third kappa shape index (κ3) is 3.47. The molecule has 1 aliphatic carbocycles. The number of amides is 3. The van der Waals surface area contributed by atoms with Crippen molar-refractivity contribution in [2.45, 2.75) is 44.4 Å². The van der Waals surface area contributed by atoms with Crippen molar-refractivity contribution in [3.8, 4) is 0 Å². The fourth-order valence-electron chi connectivity index (χ4n) is 4.25. The number of hydrogen-bond acceptors (Lipinski definition) is 3. The van der Waals surface area contributed by atoms with E-state index < -0.39 is 17.7 Å². The van der Waals surface area contributed by atoms with E-state index in [9.17, 15) is 14.7 Å². The van der Waals surface area contributed by atoms with Gasteiger partial charge in [0.05, 0.1) is 5.69 Å². The number of aliphatic hydroxyl groups is 1. The minimum Gasteiger partial charge on any atom is -0.359 e. The van der Waals surface area contributed by atoms with Crippen molar-refractivity contribution in [3.63, 3.8) is 0 Å². The third-order valence-electron chi connectivity index (χ3n) is 5.90. The van der Waals surface area contributed by atoms with Gasteiger partial charge in [-0.3, -0.25) is 9.69 Å². The van der Waals surface area contributed by atoms with Crippen LogP contribution in [-0.4, -0.2) is 23.1 Å². The van der Waals surface area contributed by atoms with Crippen LogP contribution in [0.5, 0.6) is 0 Å². The van der Waals surface area contributed by atoms with Crippen LogP contribution in [0.25, 0.3) is 0 Å². The van der Waals surface area contributed by atoms with E-state index in [1.807, 2.05) is 0 Å². The second-order valence-electron chi connectivity index (χ2n) is 7.80. The number of urea groups is 1. The van der Waals surface area contributed by atoms with Crippen LogP contribution in [0.1, 0.15) is 38.2 Å². The summed E-state index contributed by atoms with van der Waals surface area (Å²) in [6, 6.07) is 12.6. The molecule has 29 heavy (non-hydrogen) atoms. The first-order valence-corrected chi connectivity index (χ1v) is 10.3. The lowest BCUT2D eigenvalue weighted by Crippen LogP contribution is -2.64. The van der Waals surface area contributed by atoms with Crippen LogP contribution in [0.3, 0.4) is 0 Å². The number of para-hydroxylation sites is 1. The molecule has 4 rings (SSSR count). The normalized spacial score (nSPS) is 26.4. The van der Waals surface area contributed by atoms with Crippen molar-refractivity contribution >= 4 is 34.9 Å². The van der Waals surface area contributed by atoms with Crippen LogP contribution in [0, 0.1) is 5.92 Å². The van der Waals surface area contributed by atoms with Crippen molar-refractivity contribution in [3.05, 3.63) is 59.1 Å². The van der Waals surface area contributed by atoms with Gasteiger partial charge in [0, 0.05) is 22.3 Å². The Balaban J connectivity index is 1.78. The Morgan fingerprint density at radius 1 is 1.17 bits per heavy atom. The molecule has 3 N–H and O–H groups in total. The third-order valence-corrected chi connectivity index (χ3v) is 6.15. The zero-order valence-electron chi connectivity index (χ0n) is 16.2. The average molecular weight is 414 g/mol. The van der Waals surface area contributed by atoms with Crippen molar-refractivity contribution in [1.82, 2.24) is 5.32 Å². The minimum absolute atomic E-state index is 0.0375. The van der Waals surface area contributed by atoms with E-state index in [0.29, 0.717) is 27.9 Å². The lowest BCUT2D eigenvalue weighted by atomic mass is 9.85. The Labute approximate surface area is 174 Å². The number of benzene rings is 2. The molecule has 2 aromatic carbocycles. The fourth-order valence-corrected chi connectivity index (χ4v) is 4.38. The molecule has 1 heterocycles. The zero-order chi connectivity index (χ0) is 20.6. The van der Waals surface area contributed by atoms with Gasteiger partial charge in [-0.1, -0.05) is 49.6 Å². The molecular formula is C22H24ClN3O3. The first-order valence-electron chi connectivity index (χ1n) is 9.91. The Hall–Kier alpha value is -2.57. The largest absolute Gasteiger partial charge is 0.359 e. The van der Waals surface area contributed by atoms with Gasteiger partial charge >= 0.3 is 6.03 Å². The molecule has 3 amide bonds. The minimum atomic E-state index is -2.18. The smallest absolute Gasteiger partial charge is 0.329 e. The lowest BCUT2D eigenvalue weighted by molar-refractivity contribution is -0.141. The highest BCUT2D eigenvalue weighted by Crippen LogP contribution is 2.40. The molecule has 0 saturated heterocycles. The first kappa shape index (κ1) is 19.7. The molecule has 2 aromatic rings. The van der Waals surface area contributed by atoms with E-state index >= 15 is 0 Å². The van der Waals surface area contributed by atoms with Crippen LogP contribution in [-0.2, 0) is 10.5 Å². The summed E-state index contributed by atoms with van der Waals surface area (Å²) in [5.74, 6) is -0.290. The van der Waals surface area contributed by atoms with Gasteiger partial charge in [-0.25, -0.2) is 4.79 Å². The summed E-state index contributed by atoms with van der Waals surface area (Å²) >= 11 is 5.99. The Morgan fingerprint density at radius 3 is 2.59 bits per heavy atom. The molecule has 0 aromatic heterocycles. The molecule has 1 aliphatic heterocycles. The summed E-state index contributed by atoms with van der Waals surface area (Å²) in [6.45, 7) is 2.10. The van der Waals surface area contributed by atoms with Gasteiger partial charge in [0.2, 0.25) is 0 Å². The van der Waals surface area contributed by atoms with Gasteiger partial charge in [0.25, 0.3) is 11.6 Å². The summed E-state index contributed by atoms with van der Waals surface area (Å²) in [4.78, 5) is 27.5. The highest BCUT2D eigenvalue weighted by atomic mass is 35.5. The van der Waals surface area contributed by atoms with Crippen molar-refractivity contribution in [1.29, 1.82) is 0 Å². The summed E-state index contributed by atoms with van der Waals surface area (Å²) in [6.07, 6.45) is 4.06. The number of carbonyl (C=O) groups is 2. The average Bonchev–Trinajstić information content (AvgIpc) is 2.71. The molecule has 1 saturated carbocycles. The van der Waals surface area contributed by atoms with Gasteiger partial charge in [-0.15, -0.1) is 0 Å². The van der Waals surface area contributed by atoms with Crippen LogP contribution in [0.2, 0.25) is 5.02 Å². The van der Waals surface area contributed by atoms with Gasteiger partial charge < -0.3 is 15.7 Å². The summed E-state index contributed by atoms with van der Waals surface area (Å²) in [7, 11) is 0. The van der Waals surface area contributed by atoms with Crippen LogP contribution >= 0.6 is 11.6 Å².